The van der Waals surface area contributed by atoms with Crippen molar-refractivity contribution in [1.29, 1.82) is 0 Å². The normalized spacial score (nSPS) is 10.5. The molecule has 2 aromatic rings. The molecule has 0 unspecified atom stereocenters. The molecule has 0 heterocycles. The number of para-hydroxylation sites is 1. The summed E-state index contributed by atoms with van der Waals surface area (Å²) < 4.78 is 40.3. The van der Waals surface area contributed by atoms with Crippen molar-refractivity contribution in [3.8, 4) is 11.8 Å². The zero-order valence-electron chi connectivity index (χ0n) is 13.5. The summed E-state index contributed by atoms with van der Waals surface area (Å²) in [6.45, 7) is 0. The number of primary amides is 1. The first-order valence-corrected chi connectivity index (χ1v) is 7.23. The molecule has 138 valence electrons. The van der Waals surface area contributed by atoms with Crippen LogP contribution in [0, 0.1) is 11.8 Å². The van der Waals surface area contributed by atoms with E-state index in [-0.39, 0.29) is 16.8 Å². The highest BCUT2D eigenvalue weighted by Crippen LogP contribution is 2.21. The molecule has 0 aliphatic rings. The minimum atomic E-state index is -5.31. The summed E-state index contributed by atoms with van der Waals surface area (Å²) in [4.78, 5) is 33.7. The van der Waals surface area contributed by atoms with Gasteiger partial charge in [0.2, 0.25) is 5.91 Å². The van der Waals surface area contributed by atoms with Gasteiger partial charge in [0.15, 0.2) is 0 Å². The standard InChI is InChI=1S/C18H11F3N2O4/c19-18(20,21)17(26)27-16(25)13-6-2-4-11(14(13)22)8-7-10-3-1-5-12(9-10)15(23)24/h1-6,9H,22H2,(H2,23,24). The number of ether oxygens (including phenoxy) is 1. The van der Waals surface area contributed by atoms with Gasteiger partial charge in [-0.2, -0.15) is 13.2 Å². The van der Waals surface area contributed by atoms with Crippen LogP contribution in [-0.4, -0.2) is 24.0 Å². The molecule has 0 aliphatic heterocycles. The second kappa shape index (κ2) is 7.61. The Balaban J connectivity index is 2.31. The lowest BCUT2D eigenvalue weighted by atomic mass is 10.1. The number of halogens is 3. The maximum atomic E-state index is 12.2. The largest absolute Gasteiger partial charge is 0.491 e. The molecule has 0 saturated carbocycles. The Morgan fingerprint density at radius 3 is 2.30 bits per heavy atom. The van der Waals surface area contributed by atoms with Crippen LogP contribution >= 0.6 is 0 Å². The van der Waals surface area contributed by atoms with Crippen LogP contribution in [0.2, 0.25) is 0 Å². The number of hydrogen-bond donors (Lipinski definition) is 2. The van der Waals surface area contributed by atoms with Crippen molar-refractivity contribution in [3.63, 3.8) is 0 Å². The quantitative estimate of drug-likeness (QED) is 0.360. The predicted octanol–water partition coefficient (Wildman–Crippen LogP) is 2.01. The van der Waals surface area contributed by atoms with Gasteiger partial charge in [0.25, 0.3) is 0 Å². The van der Waals surface area contributed by atoms with Gasteiger partial charge in [0.05, 0.1) is 11.3 Å². The van der Waals surface area contributed by atoms with Crippen LogP contribution in [0.3, 0.4) is 0 Å². The van der Waals surface area contributed by atoms with E-state index in [1.165, 1.54) is 24.3 Å². The van der Waals surface area contributed by atoms with Gasteiger partial charge in [-0.05, 0) is 30.3 Å². The molecule has 2 rings (SSSR count). The van der Waals surface area contributed by atoms with Crippen LogP contribution in [0.1, 0.15) is 31.8 Å². The van der Waals surface area contributed by atoms with E-state index in [0.29, 0.717) is 5.56 Å². The van der Waals surface area contributed by atoms with Crippen molar-refractivity contribution in [2.75, 3.05) is 5.73 Å². The number of hydrogen-bond acceptors (Lipinski definition) is 5. The van der Waals surface area contributed by atoms with Gasteiger partial charge < -0.3 is 16.2 Å². The molecule has 0 aromatic heterocycles. The Bertz CT molecular complexity index is 988. The molecule has 0 saturated heterocycles. The highest BCUT2D eigenvalue weighted by molar-refractivity contribution is 6.02. The van der Waals surface area contributed by atoms with Gasteiger partial charge in [-0.1, -0.05) is 24.0 Å². The summed E-state index contributed by atoms with van der Waals surface area (Å²) in [5.41, 5.74) is 11.0. The van der Waals surface area contributed by atoms with Crippen LogP contribution < -0.4 is 11.5 Å². The second-order valence-electron chi connectivity index (χ2n) is 5.14. The van der Waals surface area contributed by atoms with Crippen molar-refractivity contribution < 1.29 is 32.3 Å². The number of benzene rings is 2. The number of rotatable bonds is 2. The van der Waals surface area contributed by atoms with E-state index in [2.05, 4.69) is 16.6 Å². The van der Waals surface area contributed by atoms with Crippen LogP contribution in [0.25, 0.3) is 0 Å². The van der Waals surface area contributed by atoms with E-state index in [1.54, 1.807) is 12.1 Å². The molecule has 27 heavy (non-hydrogen) atoms. The molecule has 1 amide bonds. The predicted molar refractivity (Wildman–Crippen MR) is 88.3 cm³/mol. The molecule has 0 spiro atoms. The lowest BCUT2D eigenvalue weighted by molar-refractivity contribution is -0.193. The smallest absolute Gasteiger partial charge is 0.397 e. The van der Waals surface area contributed by atoms with Crippen molar-refractivity contribution in [1.82, 2.24) is 0 Å². The van der Waals surface area contributed by atoms with Crippen LogP contribution in [-0.2, 0) is 9.53 Å². The fourth-order valence-corrected chi connectivity index (χ4v) is 1.94. The Morgan fingerprint density at radius 2 is 1.67 bits per heavy atom. The van der Waals surface area contributed by atoms with Crippen molar-refractivity contribution in [2.45, 2.75) is 6.18 Å². The number of nitrogens with two attached hydrogens (primary N) is 2. The maximum absolute atomic E-state index is 12.2. The fourth-order valence-electron chi connectivity index (χ4n) is 1.94. The van der Waals surface area contributed by atoms with Gasteiger partial charge in [0.1, 0.15) is 0 Å². The highest BCUT2D eigenvalue weighted by Gasteiger charge is 2.42. The molecule has 0 radical (unpaired) electrons. The molecule has 0 bridgehead atoms. The minimum Gasteiger partial charge on any atom is -0.397 e. The van der Waals surface area contributed by atoms with E-state index >= 15 is 0 Å². The number of alkyl halides is 3. The molecule has 2 aromatic carbocycles. The van der Waals surface area contributed by atoms with Crippen molar-refractivity contribution >= 4 is 23.5 Å². The molecular formula is C18H11F3N2O4. The van der Waals surface area contributed by atoms with Crippen molar-refractivity contribution in [3.05, 3.63) is 64.7 Å². The monoisotopic (exact) mass is 376 g/mol. The average Bonchev–Trinajstić information content (AvgIpc) is 2.60. The Hall–Kier alpha value is -3.80. The summed E-state index contributed by atoms with van der Waals surface area (Å²) in [5.74, 6) is 0.488. The highest BCUT2D eigenvalue weighted by atomic mass is 19.4. The van der Waals surface area contributed by atoms with Gasteiger partial charge >= 0.3 is 18.1 Å². The Kier molecular flexibility index (Phi) is 5.51. The summed E-state index contributed by atoms with van der Waals surface area (Å²) in [7, 11) is 0. The average molecular weight is 376 g/mol. The summed E-state index contributed by atoms with van der Waals surface area (Å²) in [6, 6.07) is 9.92. The van der Waals surface area contributed by atoms with Crippen LogP contribution in [0.5, 0.6) is 0 Å². The molecule has 0 fully saturated rings. The number of nitrogen functional groups attached to an aromatic ring is 1. The Labute approximate surface area is 150 Å². The topological polar surface area (TPSA) is 112 Å². The van der Waals surface area contributed by atoms with E-state index in [9.17, 15) is 27.6 Å². The molecule has 9 heteroatoms. The molecule has 4 N–H and O–H groups in total. The third-order valence-corrected chi connectivity index (χ3v) is 3.23. The van der Waals surface area contributed by atoms with Crippen LogP contribution in [0.15, 0.2) is 42.5 Å². The summed E-state index contributed by atoms with van der Waals surface area (Å²) >= 11 is 0. The van der Waals surface area contributed by atoms with Crippen molar-refractivity contribution in [2.24, 2.45) is 5.73 Å². The van der Waals surface area contributed by atoms with Gasteiger partial charge in [-0.3, -0.25) is 4.79 Å². The van der Waals surface area contributed by atoms with Gasteiger partial charge in [-0.25, -0.2) is 9.59 Å². The summed E-state index contributed by atoms with van der Waals surface area (Å²) in [5, 5.41) is 0. The number of carbonyl (C=O) groups excluding carboxylic acids is 3. The second-order valence-corrected chi connectivity index (χ2v) is 5.14. The number of anilines is 1. The van der Waals surface area contributed by atoms with Crippen LogP contribution in [0.4, 0.5) is 18.9 Å². The van der Waals surface area contributed by atoms with E-state index in [4.69, 9.17) is 11.5 Å². The first-order valence-electron chi connectivity index (χ1n) is 7.23. The zero-order valence-corrected chi connectivity index (χ0v) is 13.5. The minimum absolute atomic E-state index is 0.119. The Morgan fingerprint density at radius 1 is 1.00 bits per heavy atom. The molecule has 0 aliphatic carbocycles. The number of amides is 1. The lowest BCUT2D eigenvalue weighted by Crippen LogP contribution is -2.28. The van der Waals surface area contributed by atoms with Gasteiger partial charge in [-0.15, -0.1) is 0 Å². The maximum Gasteiger partial charge on any atom is 0.491 e. The third-order valence-electron chi connectivity index (χ3n) is 3.23. The van der Waals surface area contributed by atoms with E-state index in [1.807, 2.05) is 0 Å². The van der Waals surface area contributed by atoms with E-state index in [0.717, 1.165) is 6.07 Å². The third kappa shape index (κ3) is 4.85. The zero-order chi connectivity index (χ0) is 20.2. The van der Waals surface area contributed by atoms with Gasteiger partial charge in [0, 0.05) is 16.7 Å². The molecule has 6 nitrogen and oxygen atoms in total. The SMILES string of the molecule is NC(=O)c1cccc(C#Cc2cccc(C(=O)OC(=O)C(F)(F)F)c2N)c1. The van der Waals surface area contributed by atoms with E-state index < -0.39 is 29.6 Å². The lowest BCUT2D eigenvalue weighted by Gasteiger charge is -2.08. The number of esters is 2. The first-order chi connectivity index (χ1) is 12.6. The molecular weight excluding hydrogens is 365 g/mol. The first kappa shape index (κ1) is 19.5. The summed E-state index contributed by atoms with van der Waals surface area (Å²) in [6.07, 6.45) is -5.31. The molecule has 0 atom stereocenters. The fraction of sp³-hybridized carbons (Fsp3) is 0.0556. The number of carbonyl (C=O) groups is 3.